The van der Waals surface area contributed by atoms with Crippen LogP contribution in [0.3, 0.4) is 0 Å². The Morgan fingerprint density at radius 2 is 2.20 bits per heavy atom. The molecule has 2 aromatic rings. The SMILES string of the molecule is COc1c(C(C)=O)ccc2cc(Br)oc12. The molecular weight excluding hydrogens is 260 g/mol. The average Bonchev–Trinajstić information content (AvgIpc) is 2.55. The van der Waals surface area contributed by atoms with Crippen molar-refractivity contribution in [2.45, 2.75) is 6.92 Å². The predicted molar refractivity (Wildman–Crippen MR) is 60.5 cm³/mol. The highest BCUT2D eigenvalue weighted by Gasteiger charge is 2.15. The maximum absolute atomic E-state index is 11.3. The second-order valence-corrected chi connectivity index (χ2v) is 3.95. The molecule has 3 nitrogen and oxygen atoms in total. The number of halogens is 1. The van der Waals surface area contributed by atoms with Gasteiger partial charge in [0.25, 0.3) is 0 Å². The van der Waals surface area contributed by atoms with Crippen LogP contribution in [-0.4, -0.2) is 12.9 Å². The largest absolute Gasteiger partial charge is 0.492 e. The van der Waals surface area contributed by atoms with Gasteiger partial charge >= 0.3 is 0 Å². The Morgan fingerprint density at radius 3 is 2.80 bits per heavy atom. The first-order valence-electron chi connectivity index (χ1n) is 4.40. The topological polar surface area (TPSA) is 39.4 Å². The van der Waals surface area contributed by atoms with Crippen LogP contribution < -0.4 is 4.74 Å². The molecule has 0 aliphatic carbocycles. The van der Waals surface area contributed by atoms with Gasteiger partial charge in [-0.05, 0) is 35.0 Å². The second kappa shape index (κ2) is 3.70. The van der Waals surface area contributed by atoms with Gasteiger partial charge in [0.05, 0.1) is 12.7 Å². The summed E-state index contributed by atoms with van der Waals surface area (Å²) in [5, 5.41) is 0.906. The monoisotopic (exact) mass is 268 g/mol. The normalized spacial score (nSPS) is 10.6. The Bertz CT molecular complexity index is 528. The van der Waals surface area contributed by atoms with Gasteiger partial charge in [0, 0.05) is 5.39 Å². The van der Waals surface area contributed by atoms with Crippen molar-refractivity contribution in [1.82, 2.24) is 0 Å². The molecule has 0 aliphatic rings. The van der Waals surface area contributed by atoms with Crippen molar-refractivity contribution in [3.63, 3.8) is 0 Å². The van der Waals surface area contributed by atoms with Crippen molar-refractivity contribution < 1.29 is 13.9 Å². The van der Waals surface area contributed by atoms with Crippen LogP contribution in [0.4, 0.5) is 0 Å². The summed E-state index contributed by atoms with van der Waals surface area (Å²) in [4.78, 5) is 11.3. The number of benzene rings is 1. The highest BCUT2D eigenvalue weighted by Crippen LogP contribution is 2.34. The highest BCUT2D eigenvalue weighted by molar-refractivity contribution is 9.10. The summed E-state index contributed by atoms with van der Waals surface area (Å²) < 4.78 is 11.2. The predicted octanol–water partition coefficient (Wildman–Crippen LogP) is 3.41. The third-order valence-electron chi connectivity index (χ3n) is 2.19. The van der Waals surface area contributed by atoms with Crippen LogP contribution in [0.5, 0.6) is 5.75 Å². The number of hydrogen-bond acceptors (Lipinski definition) is 3. The molecule has 78 valence electrons. The van der Waals surface area contributed by atoms with E-state index in [1.54, 1.807) is 6.07 Å². The molecule has 0 fully saturated rings. The van der Waals surface area contributed by atoms with Gasteiger partial charge in [0.2, 0.25) is 0 Å². The molecule has 0 amide bonds. The van der Waals surface area contributed by atoms with Gasteiger partial charge in [-0.15, -0.1) is 0 Å². The summed E-state index contributed by atoms with van der Waals surface area (Å²) in [5.74, 6) is 0.451. The zero-order valence-electron chi connectivity index (χ0n) is 8.33. The van der Waals surface area contributed by atoms with Crippen LogP contribution in [-0.2, 0) is 0 Å². The van der Waals surface area contributed by atoms with E-state index in [1.807, 2.05) is 12.1 Å². The maximum atomic E-state index is 11.3. The van der Waals surface area contributed by atoms with E-state index < -0.39 is 0 Å². The second-order valence-electron chi connectivity index (χ2n) is 3.17. The number of carbonyl (C=O) groups excluding carboxylic acids is 1. The number of ether oxygens (including phenoxy) is 1. The maximum Gasteiger partial charge on any atom is 0.178 e. The Balaban J connectivity index is 2.80. The van der Waals surface area contributed by atoms with Crippen molar-refractivity contribution in [3.05, 3.63) is 28.4 Å². The lowest BCUT2D eigenvalue weighted by atomic mass is 10.1. The van der Waals surface area contributed by atoms with Crippen molar-refractivity contribution in [3.8, 4) is 5.75 Å². The first-order chi connectivity index (χ1) is 7.13. The summed E-state index contributed by atoms with van der Waals surface area (Å²) >= 11 is 3.24. The molecule has 0 saturated heterocycles. The Labute approximate surface area is 95.1 Å². The lowest BCUT2D eigenvalue weighted by Gasteiger charge is -2.05. The molecule has 15 heavy (non-hydrogen) atoms. The van der Waals surface area contributed by atoms with Gasteiger partial charge in [0.15, 0.2) is 21.8 Å². The molecule has 2 rings (SSSR count). The number of methoxy groups -OCH3 is 1. The Hall–Kier alpha value is -1.29. The molecule has 0 spiro atoms. The minimum absolute atomic E-state index is 0.0405. The van der Waals surface area contributed by atoms with Crippen LogP contribution in [0.25, 0.3) is 11.0 Å². The lowest BCUT2D eigenvalue weighted by molar-refractivity contribution is 0.101. The van der Waals surface area contributed by atoms with E-state index in [0.717, 1.165) is 5.39 Å². The van der Waals surface area contributed by atoms with Crippen LogP contribution in [0, 0.1) is 0 Å². The molecule has 1 heterocycles. The summed E-state index contributed by atoms with van der Waals surface area (Å²) in [6, 6.07) is 5.41. The van der Waals surface area contributed by atoms with E-state index in [9.17, 15) is 4.79 Å². The number of furan rings is 1. The molecule has 0 saturated carbocycles. The molecule has 0 aliphatic heterocycles. The fraction of sp³-hybridized carbons (Fsp3) is 0.182. The number of Topliss-reactive ketones (excluding diaryl/α,β-unsaturated/α-hetero) is 1. The van der Waals surface area contributed by atoms with Crippen molar-refractivity contribution in [2.24, 2.45) is 0 Å². The number of carbonyl (C=O) groups is 1. The molecule has 1 aromatic carbocycles. The molecule has 0 atom stereocenters. The third-order valence-corrected chi connectivity index (χ3v) is 2.59. The first-order valence-corrected chi connectivity index (χ1v) is 5.19. The zero-order valence-corrected chi connectivity index (χ0v) is 9.92. The number of ketones is 1. The van der Waals surface area contributed by atoms with Crippen molar-refractivity contribution in [1.29, 1.82) is 0 Å². The van der Waals surface area contributed by atoms with Crippen LogP contribution in [0.15, 0.2) is 27.3 Å². The number of rotatable bonds is 2. The molecule has 1 aromatic heterocycles. The van der Waals surface area contributed by atoms with Gasteiger partial charge in [-0.25, -0.2) is 0 Å². The summed E-state index contributed by atoms with van der Waals surface area (Å²) in [6.45, 7) is 1.50. The van der Waals surface area contributed by atoms with E-state index in [2.05, 4.69) is 15.9 Å². The fourth-order valence-electron chi connectivity index (χ4n) is 1.53. The van der Waals surface area contributed by atoms with Gasteiger partial charge < -0.3 is 9.15 Å². The van der Waals surface area contributed by atoms with Crippen molar-refractivity contribution in [2.75, 3.05) is 7.11 Å². The quantitative estimate of drug-likeness (QED) is 0.784. The minimum Gasteiger partial charge on any atom is -0.492 e. The van der Waals surface area contributed by atoms with Crippen LogP contribution in [0.1, 0.15) is 17.3 Å². The molecule has 0 unspecified atom stereocenters. The van der Waals surface area contributed by atoms with E-state index in [4.69, 9.17) is 9.15 Å². The zero-order chi connectivity index (χ0) is 11.0. The third kappa shape index (κ3) is 1.65. The molecule has 0 bridgehead atoms. The lowest BCUT2D eigenvalue weighted by Crippen LogP contribution is -1.97. The van der Waals surface area contributed by atoms with Crippen LogP contribution >= 0.6 is 15.9 Å². The number of hydrogen-bond donors (Lipinski definition) is 0. The standard InChI is InChI=1S/C11H9BrO3/c1-6(13)8-4-3-7-5-9(12)15-10(7)11(8)14-2/h3-5H,1-2H3. The Morgan fingerprint density at radius 1 is 1.47 bits per heavy atom. The number of fused-ring (bicyclic) bond motifs is 1. The van der Waals surface area contributed by atoms with Gasteiger partial charge in [-0.1, -0.05) is 6.07 Å². The average molecular weight is 269 g/mol. The van der Waals surface area contributed by atoms with E-state index in [0.29, 0.717) is 21.6 Å². The van der Waals surface area contributed by atoms with Gasteiger partial charge in [0.1, 0.15) is 0 Å². The molecular formula is C11H9BrO3. The highest BCUT2D eigenvalue weighted by atomic mass is 79.9. The minimum atomic E-state index is -0.0405. The van der Waals surface area contributed by atoms with Gasteiger partial charge in [-0.2, -0.15) is 0 Å². The molecule has 0 N–H and O–H groups in total. The molecule has 0 radical (unpaired) electrons. The van der Waals surface area contributed by atoms with Crippen LogP contribution in [0.2, 0.25) is 0 Å². The van der Waals surface area contributed by atoms with E-state index in [1.165, 1.54) is 14.0 Å². The first kappa shape index (κ1) is 10.2. The van der Waals surface area contributed by atoms with E-state index in [-0.39, 0.29) is 5.78 Å². The summed E-state index contributed by atoms with van der Waals surface area (Å²) in [6.07, 6.45) is 0. The Kier molecular flexibility index (Phi) is 2.52. The summed E-state index contributed by atoms with van der Waals surface area (Å²) in [7, 11) is 1.53. The molecule has 4 heteroatoms. The van der Waals surface area contributed by atoms with E-state index >= 15 is 0 Å². The van der Waals surface area contributed by atoms with Gasteiger partial charge in [-0.3, -0.25) is 4.79 Å². The smallest absolute Gasteiger partial charge is 0.178 e. The van der Waals surface area contributed by atoms with Crippen molar-refractivity contribution >= 4 is 32.7 Å². The summed E-state index contributed by atoms with van der Waals surface area (Å²) in [5.41, 5.74) is 1.13. The fourth-order valence-corrected chi connectivity index (χ4v) is 1.93.